The molecular weight excluding hydrogens is 340 g/mol. The summed E-state index contributed by atoms with van der Waals surface area (Å²) in [6, 6.07) is 22.6. The van der Waals surface area contributed by atoms with Crippen LogP contribution in [0.15, 0.2) is 88.3 Å². The minimum atomic E-state index is -0.102. The van der Waals surface area contributed by atoms with Crippen LogP contribution in [0.2, 0.25) is 0 Å². The number of hydrogen-bond donors (Lipinski definition) is 0. The maximum absolute atomic E-state index is 12.9. The zero-order valence-electron chi connectivity index (χ0n) is 14.8. The molecule has 0 fully saturated rings. The standard InChI is InChI=1S/C23H18O4/c1-25-21-10-6-5-9-18(21)20-15-27-22-13-17(11-12-19(22)23(20)24)26-14-16-7-3-2-4-8-16/h2-13,15H,14H2,1H3. The highest BCUT2D eigenvalue weighted by atomic mass is 16.5. The van der Waals surface area contributed by atoms with Gasteiger partial charge >= 0.3 is 0 Å². The molecule has 0 aliphatic heterocycles. The topological polar surface area (TPSA) is 48.7 Å². The molecule has 1 heterocycles. The summed E-state index contributed by atoms with van der Waals surface area (Å²) in [6.45, 7) is 0.454. The Labute approximate surface area is 156 Å². The first-order chi connectivity index (χ1) is 13.3. The van der Waals surface area contributed by atoms with Crippen molar-refractivity contribution in [3.63, 3.8) is 0 Å². The van der Waals surface area contributed by atoms with E-state index in [-0.39, 0.29) is 5.43 Å². The van der Waals surface area contributed by atoms with Gasteiger partial charge in [-0.15, -0.1) is 0 Å². The first-order valence-electron chi connectivity index (χ1n) is 8.62. The lowest BCUT2D eigenvalue weighted by Gasteiger charge is -2.09. The van der Waals surface area contributed by atoms with Gasteiger partial charge in [0.15, 0.2) is 0 Å². The average molecular weight is 358 g/mol. The number of methoxy groups -OCH3 is 1. The summed E-state index contributed by atoms with van der Waals surface area (Å²) >= 11 is 0. The molecule has 27 heavy (non-hydrogen) atoms. The van der Waals surface area contributed by atoms with Crippen LogP contribution in [0.5, 0.6) is 11.5 Å². The SMILES string of the molecule is COc1ccccc1-c1coc2cc(OCc3ccccc3)ccc2c1=O. The van der Waals surface area contributed by atoms with E-state index in [2.05, 4.69) is 0 Å². The van der Waals surface area contributed by atoms with Gasteiger partial charge in [-0.1, -0.05) is 48.5 Å². The first kappa shape index (κ1) is 16.9. The number of hydrogen-bond acceptors (Lipinski definition) is 4. The third kappa shape index (κ3) is 3.42. The Morgan fingerprint density at radius 2 is 1.67 bits per heavy atom. The molecule has 0 N–H and O–H groups in total. The van der Waals surface area contributed by atoms with Crippen LogP contribution in [0.4, 0.5) is 0 Å². The first-order valence-corrected chi connectivity index (χ1v) is 8.62. The molecule has 0 aliphatic carbocycles. The Morgan fingerprint density at radius 1 is 0.889 bits per heavy atom. The van der Waals surface area contributed by atoms with Crippen LogP contribution >= 0.6 is 0 Å². The Kier molecular flexibility index (Phi) is 4.62. The van der Waals surface area contributed by atoms with E-state index < -0.39 is 0 Å². The van der Waals surface area contributed by atoms with Crippen LogP contribution < -0.4 is 14.9 Å². The molecular formula is C23H18O4. The zero-order chi connectivity index (χ0) is 18.6. The maximum Gasteiger partial charge on any atom is 0.200 e. The van der Waals surface area contributed by atoms with Crippen molar-refractivity contribution in [1.82, 2.24) is 0 Å². The van der Waals surface area contributed by atoms with E-state index in [1.54, 1.807) is 25.3 Å². The molecule has 0 saturated carbocycles. The molecule has 4 heteroatoms. The summed E-state index contributed by atoms with van der Waals surface area (Å²) in [5.74, 6) is 1.28. The van der Waals surface area contributed by atoms with Crippen molar-refractivity contribution in [2.24, 2.45) is 0 Å². The number of rotatable bonds is 5. The Morgan fingerprint density at radius 3 is 2.48 bits per heavy atom. The largest absolute Gasteiger partial charge is 0.496 e. The highest BCUT2D eigenvalue weighted by Gasteiger charge is 2.13. The van der Waals surface area contributed by atoms with Crippen molar-refractivity contribution >= 4 is 11.0 Å². The lowest BCUT2D eigenvalue weighted by molar-refractivity contribution is 0.306. The monoisotopic (exact) mass is 358 g/mol. The molecule has 0 spiro atoms. The molecule has 4 aromatic rings. The Bertz CT molecular complexity index is 1130. The van der Waals surface area contributed by atoms with E-state index in [1.165, 1.54) is 6.26 Å². The van der Waals surface area contributed by atoms with Crippen LogP contribution in [0.25, 0.3) is 22.1 Å². The summed E-state index contributed by atoms with van der Waals surface area (Å²) < 4.78 is 16.9. The second-order valence-electron chi connectivity index (χ2n) is 6.11. The van der Waals surface area contributed by atoms with Crippen molar-refractivity contribution in [1.29, 1.82) is 0 Å². The van der Waals surface area contributed by atoms with Gasteiger partial charge in [0.05, 0.1) is 18.1 Å². The minimum absolute atomic E-state index is 0.102. The quantitative estimate of drug-likeness (QED) is 0.501. The van der Waals surface area contributed by atoms with Gasteiger partial charge < -0.3 is 13.9 Å². The van der Waals surface area contributed by atoms with Crippen molar-refractivity contribution < 1.29 is 13.9 Å². The Balaban J connectivity index is 1.67. The van der Waals surface area contributed by atoms with Crippen molar-refractivity contribution in [2.45, 2.75) is 6.61 Å². The van der Waals surface area contributed by atoms with Gasteiger partial charge in [-0.3, -0.25) is 4.79 Å². The molecule has 0 aliphatic rings. The van der Waals surface area contributed by atoms with Crippen molar-refractivity contribution in [3.05, 3.63) is 94.8 Å². The molecule has 0 radical (unpaired) electrons. The molecule has 4 nitrogen and oxygen atoms in total. The number of benzene rings is 3. The van der Waals surface area contributed by atoms with Crippen LogP contribution in [0.3, 0.4) is 0 Å². The molecule has 3 aromatic carbocycles. The molecule has 0 unspecified atom stereocenters. The fourth-order valence-corrected chi connectivity index (χ4v) is 2.99. The number of ether oxygens (including phenoxy) is 2. The number of para-hydroxylation sites is 1. The summed E-state index contributed by atoms with van der Waals surface area (Å²) in [5, 5.41) is 0.505. The third-order valence-electron chi connectivity index (χ3n) is 4.39. The van der Waals surface area contributed by atoms with Crippen LogP contribution in [0.1, 0.15) is 5.56 Å². The van der Waals surface area contributed by atoms with E-state index in [4.69, 9.17) is 13.9 Å². The van der Waals surface area contributed by atoms with Gasteiger partial charge in [0.1, 0.15) is 30.0 Å². The highest BCUT2D eigenvalue weighted by molar-refractivity contribution is 5.83. The molecule has 1 aromatic heterocycles. The van der Waals surface area contributed by atoms with E-state index in [0.717, 1.165) is 5.56 Å². The predicted octanol–water partition coefficient (Wildman–Crippen LogP) is 5.05. The van der Waals surface area contributed by atoms with Gasteiger partial charge in [0, 0.05) is 11.6 Å². The molecule has 134 valence electrons. The lowest BCUT2D eigenvalue weighted by Crippen LogP contribution is -2.06. The smallest absolute Gasteiger partial charge is 0.200 e. The molecule has 4 rings (SSSR count). The summed E-state index contributed by atoms with van der Waals surface area (Å²) in [7, 11) is 1.58. The predicted molar refractivity (Wildman–Crippen MR) is 105 cm³/mol. The van der Waals surface area contributed by atoms with Gasteiger partial charge in [-0.05, 0) is 23.8 Å². The number of fused-ring (bicyclic) bond motifs is 1. The second kappa shape index (κ2) is 7.38. The normalized spacial score (nSPS) is 10.7. The zero-order valence-corrected chi connectivity index (χ0v) is 14.8. The summed E-state index contributed by atoms with van der Waals surface area (Å²) in [5.41, 5.74) is 2.64. The maximum atomic E-state index is 12.9. The lowest BCUT2D eigenvalue weighted by atomic mass is 10.0. The van der Waals surface area contributed by atoms with E-state index in [0.29, 0.717) is 40.2 Å². The molecule has 0 bridgehead atoms. The molecule has 0 amide bonds. The highest BCUT2D eigenvalue weighted by Crippen LogP contribution is 2.29. The summed E-state index contributed by atoms with van der Waals surface area (Å²) in [6.07, 6.45) is 1.48. The second-order valence-corrected chi connectivity index (χ2v) is 6.11. The van der Waals surface area contributed by atoms with Crippen LogP contribution in [-0.4, -0.2) is 7.11 Å². The minimum Gasteiger partial charge on any atom is -0.496 e. The van der Waals surface area contributed by atoms with Crippen LogP contribution in [0, 0.1) is 0 Å². The average Bonchev–Trinajstić information content (AvgIpc) is 2.73. The van der Waals surface area contributed by atoms with Gasteiger partial charge in [0.2, 0.25) is 5.43 Å². The molecule has 0 atom stereocenters. The fraction of sp³-hybridized carbons (Fsp3) is 0.0870. The van der Waals surface area contributed by atoms with Crippen molar-refractivity contribution in [2.75, 3.05) is 7.11 Å². The van der Waals surface area contributed by atoms with E-state index in [9.17, 15) is 4.79 Å². The van der Waals surface area contributed by atoms with E-state index in [1.807, 2.05) is 54.6 Å². The van der Waals surface area contributed by atoms with Gasteiger partial charge in [0.25, 0.3) is 0 Å². The van der Waals surface area contributed by atoms with Gasteiger partial charge in [-0.25, -0.2) is 0 Å². The van der Waals surface area contributed by atoms with Gasteiger partial charge in [-0.2, -0.15) is 0 Å². The Hall–Kier alpha value is -3.53. The van der Waals surface area contributed by atoms with E-state index >= 15 is 0 Å². The molecule has 0 saturated heterocycles. The fourth-order valence-electron chi connectivity index (χ4n) is 2.99. The van der Waals surface area contributed by atoms with Crippen molar-refractivity contribution in [3.8, 4) is 22.6 Å². The van der Waals surface area contributed by atoms with Crippen LogP contribution in [-0.2, 0) is 6.61 Å². The third-order valence-corrected chi connectivity index (χ3v) is 4.39. The summed E-state index contributed by atoms with van der Waals surface area (Å²) in [4.78, 5) is 12.9.